The van der Waals surface area contributed by atoms with E-state index in [1.54, 1.807) is 11.3 Å². The molecular weight excluding hydrogens is 334 g/mol. The summed E-state index contributed by atoms with van der Waals surface area (Å²) >= 11 is 1.66. The zero-order valence-electron chi connectivity index (χ0n) is 14.4. The van der Waals surface area contributed by atoms with Gasteiger partial charge in [-0.25, -0.2) is 4.98 Å². The second-order valence-electron chi connectivity index (χ2n) is 6.79. The van der Waals surface area contributed by atoms with Crippen molar-refractivity contribution < 1.29 is 4.79 Å². The van der Waals surface area contributed by atoms with Gasteiger partial charge in [0.25, 0.3) is 5.91 Å². The number of rotatable bonds is 5. The van der Waals surface area contributed by atoms with Gasteiger partial charge in [-0.15, -0.1) is 11.3 Å². The predicted molar refractivity (Wildman–Crippen MR) is 98.9 cm³/mol. The molecule has 0 saturated carbocycles. The van der Waals surface area contributed by atoms with Gasteiger partial charge in [-0.1, -0.05) is 0 Å². The van der Waals surface area contributed by atoms with Gasteiger partial charge in [0.15, 0.2) is 0 Å². The second kappa shape index (κ2) is 7.68. The summed E-state index contributed by atoms with van der Waals surface area (Å²) in [4.78, 5) is 23.5. The molecule has 0 radical (unpaired) electrons. The number of hydrogen-bond acceptors (Lipinski definition) is 5. The lowest BCUT2D eigenvalue weighted by Crippen LogP contribution is -2.49. The summed E-state index contributed by atoms with van der Waals surface area (Å²) in [6.45, 7) is 6.58. The summed E-state index contributed by atoms with van der Waals surface area (Å²) in [5.74, 6) is 0.198. The van der Waals surface area contributed by atoms with Crippen molar-refractivity contribution in [3.05, 3.63) is 40.6 Å². The summed E-state index contributed by atoms with van der Waals surface area (Å²) in [6, 6.07) is 4.59. The van der Waals surface area contributed by atoms with E-state index in [2.05, 4.69) is 25.8 Å². The largest absolute Gasteiger partial charge is 0.336 e. The fourth-order valence-corrected chi connectivity index (χ4v) is 4.67. The van der Waals surface area contributed by atoms with Gasteiger partial charge < -0.3 is 14.8 Å². The molecule has 1 atom stereocenters. The van der Waals surface area contributed by atoms with E-state index < -0.39 is 0 Å². The van der Waals surface area contributed by atoms with Gasteiger partial charge >= 0.3 is 0 Å². The molecule has 0 aromatic carbocycles. The molecule has 2 aromatic heterocycles. The summed E-state index contributed by atoms with van der Waals surface area (Å²) in [7, 11) is 0. The Kier molecular flexibility index (Phi) is 5.14. The third-order valence-electron chi connectivity index (χ3n) is 5.13. The van der Waals surface area contributed by atoms with Crippen LogP contribution < -0.4 is 5.32 Å². The number of nitrogens with zero attached hydrogens (tertiary/aromatic N) is 4. The van der Waals surface area contributed by atoms with E-state index in [0.717, 1.165) is 50.7 Å². The van der Waals surface area contributed by atoms with Crippen molar-refractivity contribution in [1.29, 1.82) is 0 Å². The maximum atomic E-state index is 12.8. The highest BCUT2D eigenvalue weighted by Crippen LogP contribution is 2.30. The van der Waals surface area contributed by atoms with Gasteiger partial charge in [-0.3, -0.25) is 9.69 Å². The first-order valence-electron chi connectivity index (χ1n) is 9.10. The minimum Gasteiger partial charge on any atom is -0.336 e. The lowest BCUT2D eigenvalue weighted by Gasteiger charge is -2.34. The van der Waals surface area contributed by atoms with E-state index in [9.17, 15) is 4.79 Å². The predicted octanol–water partition coefficient (Wildman–Crippen LogP) is 1.83. The van der Waals surface area contributed by atoms with Crippen molar-refractivity contribution >= 4 is 17.2 Å². The van der Waals surface area contributed by atoms with Crippen LogP contribution in [-0.2, 0) is 6.54 Å². The van der Waals surface area contributed by atoms with Crippen LogP contribution in [-0.4, -0.2) is 64.5 Å². The van der Waals surface area contributed by atoms with Crippen LogP contribution in [0.5, 0.6) is 0 Å². The molecule has 4 heterocycles. The van der Waals surface area contributed by atoms with Crippen molar-refractivity contribution in [2.24, 2.45) is 0 Å². The first-order chi connectivity index (χ1) is 12.3. The third-order valence-corrected chi connectivity index (χ3v) is 6.32. The molecule has 7 heteroatoms. The molecule has 25 heavy (non-hydrogen) atoms. The Balaban J connectivity index is 1.27. The van der Waals surface area contributed by atoms with Crippen LogP contribution in [0.25, 0.3) is 0 Å². The Morgan fingerprint density at radius 3 is 2.84 bits per heavy atom. The molecule has 6 nitrogen and oxygen atoms in total. The lowest BCUT2D eigenvalue weighted by molar-refractivity contribution is 0.0638. The Labute approximate surface area is 152 Å². The first-order valence-corrected chi connectivity index (χ1v) is 9.92. The SMILES string of the molecule is O=C(c1ccc(C2CCCN2)s1)N1CCN(CCn2ccnc2)CC1. The van der Waals surface area contributed by atoms with Crippen LogP contribution in [0.2, 0.25) is 0 Å². The van der Waals surface area contributed by atoms with Crippen LogP contribution in [0, 0.1) is 0 Å². The molecule has 1 unspecified atom stereocenters. The standard InChI is InChI=1S/C18H25N5OS/c24-18(17-4-3-16(25-17)15-2-1-5-20-15)23-12-10-21(11-13-23)8-9-22-7-6-19-14-22/h3-4,6-7,14-15,20H,1-2,5,8-13H2. The summed E-state index contributed by atoms with van der Waals surface area (Å²) < 4.78 is 2.10. The minimum absolute atomic E-state index is 0.198. The molecule has 2 aromatic rings. The molecule has 134 valence electrons. The van der Waals surface area contributed by atoms with Gasteiger partial charge in [0.05, 0.1) is 11.2 Å². The molecule has 1 amide bonds. The zero-order valence-corrected chi connectivity index (χ0v) is 15.2. The van der Waals surface area contributed by atoms with Crippen LogP contribution in [0.4, 0.5) is 0 Å². The Hall–Kier alpha value is -1.70. The van der Waals surface area contributed by atoms with E-state index in [1.165, 1.54) is 17.7 Å². The van der Waals surface area contributed by atoms with Gasteiger partial charge in [0.2, 0.25) is 0 Å². The molecule has 0 spiro atoms. The average molecular weight is 359 g/mol. The summed E-state index contributed by atoms with van der Waals surface area (Å²) in [5.41, 5.74) is 0. The Morgan fingerprint density at radius 1 is 1.24 bits per heavy atom. The van der Waals surface area contributed by atoms with Crippen molar-refractivity contribution in [3.8, 4) is 0 Å². The van der Waals surface area contributed by atoms with Crippen LogP contribution in [0.1, 0.15) is 33.4 Å². The lowest BCUT2D eigenvalue weighted by atomic mass is 10.2. The van der Waals surface area contributed by atoms with E-state index in [0.29, 0.717) is 6.04 Å². The first kappa shape index (κ1) is 16.8. The van der Waals surface area contributed by atoms with Gasteiger partial charge in [-0.2, -0.15) is 0 Å². The third kappa shape index (κ3) is 3.94. The van der Waals surface area contributed by atoms with Crippen molar-refractivity contribution in [3.63, 3.8) is 0 Å². The number of carbonyl (C=O) groups excluding carboxylic acids is 1. The number of piperazine rings is 1. The molecular formula is C18H25N5OS. The molecule has 0 aliphatic carbocycles. The van der Waals surface area contributed by atoms with Crippen molar-refractivity contribution in [2.45, 2.75) is 25.4 Å². The average Bonchev–Trinajstić information content (AvgIpc) is 3.42. The maximum absolute atomic E-state index is 12.8. The number of thiophene rings is 1. The van der Waals surface area contributed by atoms with Crippen LogP contribution >= 0.6 is 11.3 Å². The number of aromatic nitrogens is 2. The van der Waals surface area contributed by atoms with Gasteiger partial charge in [0, 0.05) is 62.6 Å². The summed E-state index contributed by atoms with van der Waals surface area (Å²) in [6.07, 6.45) is 8.07. The van der Waals surface area contributed by atoms with Crippen molar-refractivity contribution in [2.75, 3.05) is 39.3 Å². The maximum Gasteiger partial charge on any atom is 0.264 e. The second-order valence-corrected chi connectivity index (χ2v) is 7.90. The highest BCUT2D eigenvalue weighted by molar-refractivity contribution is 7.14. The molecule has 4 rings (SSSR count). The van der Waals surface area contributed by atoms with Crippen molar-refractivity contribution in [1.82, 2.24) is 24.7 Å². The van der Waals surface area contributed by atoms with E-state index in [-0.39, 0.29) is 5.91 Å². The Morgan fingerprint density at radius 2 is 2.12 bits per heavy atom. The molecule has 2 aliphatic heterocycles. The van der Waals surface area contributed by atoms with Gasteiger partial charge in [0.1, 0.15) is 0 Å². The topological polar surface area (TPSA) is 53.4 Å². The number of carbonyl (C=O) groups is 1. The smallest absolute Gasteiger partial charge is 0.264 e. The van der Waals surface area contributed by atoms with Gasteiger partial charge in [-0.05, 0) is 31.5 Å². The number of hydrogen-bond donors (Lipinski definition) is 1. The van der Waals surface area contributed by atoms with E-state index in [4.69, 9.17) is 0 Å². The summed E-state index contributed by atoms with van der Waals surface area (Å²) in [5, 5.41) is 3.51. The molecule has 2 saturated heterocycles. The fourth-order valence-electron chi connectivity index (χ4n) is 3.59. The molecule has 0 bridgehead atoms. The van der Waals surface area contributed by atoms with Crippen LogP contribution in [0.15, 0.2) is 30.9 Å². The van der Waals surface area contributed by atoms with E-state index in [1.807, 2.05) is 29.7 Å². The minimum atomic E-state index is 0.198. The highest BCUT2D eigenvalue weighted by Gasteiger charge is 2.25. The van der Waals surface area contributed by atoms with E-state index >= 15 is 0 Å². The fraction of sp³-hybridized carbons (Fsp3) is 0.556. The quantitative estimate of drug-likeness (QED) is 0.885. The highest BCUT2D eigenvalue weighted by atomic mass is 32.1. The number of imidazole rings is 1. The monoisotopic (exact) mass is 359 g/mol. The van der Waals surface area contributed by atoms with Crippen LogP contribution in [0.3, 0.4) is 0 Å². The molecule has 2 fully saturated rings. The molecule has 1 N–H and O–H groups in total. The normalized spacial score (nSPS) is 21.8. The Bertz CT molecular complexity index is 684. The molecule has 2 aliphatic rings. The number of amides is 1. The zero-order chi connectivity index (χ0) is 17.1. The number of nitrogens with one attached hydrogen (secondary N) is 1.